The Morgan fingerprint density at radius 1 is 1.19 bits per heavy atom. The summed E-state index contributed by atoms with van der Waals surface area (Å²) in [5.41, 5.74) is 2.64. The first-order valence-corrected chi connectivity index (χ1v) is 10.9. The van der Waals surface area contributed by atoms with E-state index in [1.54, 1.807) is 24.4 Å². The number of unbranched alkanes of at least 4 members (excludes halogenated alkanes) is 2. The third-order valence-electron chi connectivity index (χ3n) is 5.54. The van der Waals surface area contributed by atoms with E-state index in [2.05, 4.69) is 21.9 Å². The first kappa shape index (κ1) is 21.0. The molecule has 8 nitrogen and oxygen atoms in total. The number of aromatic amines is 1. The summed E-state index contributed by atoms with van der Waals surface area (Å²) in [6.45, 7) is 4.66. The lowest BCUT2D eigenvalue weighted by atomic mass is 10.1. The van der Waals surface area contributed by atoms with Crippen LogP contribution in [0.2, 0.25) is 0 Å². The number of urea groups is 1. The Labute approximate surface area is 182 Å². The molecule has 1 N–H and O–H groups in total. The minimum absolute atomic E-state index is 0.0318. The lowest BCUT2D eigenvalue weighted by Gasteiger charge is -2.35. The lowest BCUT2D eigenvalue weighted by Crippen LogP contribution is -2.49. The van der Waals surface area contributed by atoms with Crippen molar-refractivity contribution in [3.63, 3.8) is 0 Å². The molecule has 0 atom stereocenters. The number of amides is 2. The average molecular weight is 424 g/mol. The molecule has 0 radical (unpaired) electrons. The highest BCUT2D eigenvalue weighted by atomic mass is 16.5. The molecule has 0 unspecified atom stereocenters. The normalized spacial score (nSPS) is 14.3. The Hall–Kier alpha value is -3.29. The van der Waals surface area contributed by atoms with Gasteiger partial charge in [-0.05, 0) is 30.5 Å². The van der Waals surface area contributed by atoms with Gasteiger partial charge in [0.25, 0.3) is 5.88 Å². The molecule has 0 saturated carbocycles. The first-order valence-electron chi connectivity index (χ1n) is 10.9. The molecule has 0 aromatic carbocycles. The Morgan fingerprint density at radius 2 is 2.10 bits per heavy atom. The van der Waals surface area contributed by atoms with E-state index in [0.717, 1.165) is 48.0 Å². The van der Waals surface area contributed by atoms with Gasteiger partial charge in [0.2, 0.25) is 0 Å². The van der Waals surface area contributed by atoms with Crippen molar-refractivity contribution in [1.29, 1.82) is 0 Å². The second kappa shape index (κ2) is 9.68. The molecule has 1 saturated heterocycles. The Bertz CT molecular complexity index is 1030. The van der Waals surface area contributed by atoms with E-state index in [9.17, 15) is 4.79 Å². The van der Waals surface area contributed by atoms with Crippen molar-refractivity contribution in [2.75, 3.05) is 31.7 Å². The zero-order valence-corrected chi connectivity index (χ0v) is 18.1. The van der Waals surface area contributed by atoms with E-state index < -0.39 is 0 Å². The molecule has 1 aliphatic heterocycles. The molecule has 2 amide bonds. The molecular weight excluding hydrogens is 394 g/mol. The van der Waals surface area contributed by atoms with Crippen molar-refractivity contribution >= 4 is 22.8 Å². The summed E-state index contributed by atoms with van der Waals surface area (Å²) in [7, 11) is 1.57. The van der Waals surface area contributed by atoms with Crippen LogP contribution in [0.5, 0.6) is 11.6 Å². The standard InChI is InChI=1S/C23H29N5O3/c1-3-4-5-13-31-20-14-18(15-26-22(20)30-2)28-12-6-11-27(23(28)29)16-17-7-9-24-21-19(17)8-10-25-21/h7-10,14-15H,3-6,11-13,16H2,1-2H3,(H,24,25). The smallest absolute Gasteiger partial charge is 0.324 e. The fourth-order valence-electron chi connectivity index (χ4n) is 3.89. The average Bonchev–Trinajstić information content (AvgIpc) is 3.28. The van der Waals surface area contributed by atoms with Gasteiger partial charge in [-0.2, -0.15) is 0 Å². The van der Waals surface area contributed by atoms with Crippen molar-refractivity contribution in [3.8, 4) is 11.6 Å². The molecule has 3 aromatic heterocycles. The highest BCUT2D eigenvalue weighted by Crippen LogP contribution is 2.31. The number of carbonyl (C=O) groups excluding carboxylic acids is 1. The number of nitrogens with one attached hydrogen (secondary N) is 1. The Morgan fingerprint density at radius 3 is 2.94 bits per heavy atom. The van der Waals surface area contributed by atoms with Gasteiger partial charge >= 0.3 is 6.03 Å². The molecule has 4 heterocycles. The number of aromatic nitrogens is 3. The molecule has 1 fully saturated rings. The van der Waals surface area contributed by atoms with Crippen LogP contribution < -0.4 is 14.4 Å². The van der Waals surface area contributed by atoms with Gasteiger partial charge in [0.1, 0.15) is 5.65 Å². The quantitative estimate of drug-likeness (QED) is 0.517. The predicted octanol–water partition coefficient (Wildman–Crippen LogP) is 4.37. The van der Waals surface area contributed by atoms with Gasteiger partial charge in [-0.1, -0.05) is 19.8 Å². The van der Waals surface area contributed by atoms with Crippen LogP contribution in [0, 0.1) is 0 Å². The van der Waals surface area contributed by atoms with Crippen molar-refractivity contribution in [3.05, 3.63) is 42.4 Å². The molecule has 0 spiro atoms. The van der Waals surface area contributed by atoms with Crippen LogP contribution in [0.3, 0.4) is 0 Å². The number of carbonyl (C=O) groups is 1. The van der Waals surface area contributed by atoms with Crippen LogP contribution in [0.15, 0.2) is 36.8 Å². The topological polar surface area (TPSA) is 83.6 Å². The fourth-order valence-corrected chi connectivity index (χ4v) is 3.89. The Balaban J connectivity index is 1.51. The maximum atomic E-state index is 13.3. The van der Waals surface area contributed by atoms with E-state index in [0.29, 0.717) is 37.9 Å². The Kier molecular flexibility index (Phi) is 6.54. The number of hydrogen-bond donors (Lipinski definition) is 1. The van der Waals surface area contributed by atoms with Gasteiger partial charge in [-0.3, -0.25) is 4.90 Å². The minimum atomic E-state index is -0.0318. The first-order chi connectivity index (χ1) is 15.2. The second-order valence-electron chi connectivity index (χ2n) is 7.68. The third-order valence-corrected chi connectivity index (χ3v) is 5.54. The summed E-state index contributed by atoms with van der Waals surface area (Å²) in [5, 5.41) is 1.04. The summed E-state index contributed by atoms with van der Waals surface area (Å²) < 4.78 is 11.3. The van der Waals surface area contributed by atoms with Crippen molar-refractivity contribution in [2.45, 2.75) is 39.2 Å². The number of hydrogen-bond acceptors (Lipinski definition) is 5. The highest BCUT2D eigenvalue weighted by molar-refractivity contribution is 5.93. The van der Waals surface area contributed by atoms with Crippen molar-refractivity contribution in [1.82, 2.24) is 19.9 Å². The maximum absolute atomic E-state index is 13.3. The third kappa shape index (κ3) is 4.57. The summed E-state index contributed by atoms with van der Waals surface area (Å²) in [4.78, 5) is 28.8. The number of rotatable bonds is 9. The molecule has 1 aliphatic rings. The number of anilines is 1. The van der Waals surface area contributed by atoms with Crippen LogP contribution in [-0.2, 0) is 6.54 Å². The number of fused-ring (bicyclic) bond motifs is 1. The van der Waals surface area contributed by atoms with Gasteiger partial charge in [-0.15, -0.1) is 0 Å². The summed E-state index contributed by atoms with van der Waals surface area (Å²) >= 11 is 0. The van der Waals surface area contributed by atoms with Crippen LogP contribution >= 0.6 is 0 Å². The van der Waals surface area contributed by atoms with Crippen molar-refractivity contribution in [2.24, 2.45) is 0 Å². The zero-order valence-electron chi connectivity index (χ0n) is 18.1. The van der Waals surface area contributed by atoms with E-state index >= 15 is 0 Å². The molecule has 0 aliphatic carbocycles. The fraction of sp³-hybridized carbons (Fsp3) is 0.435. The van der Waals surface area contributed by atoms with E-state index in [-0.39, 0.29) is 6.03 Å². The molecule has 3 aromatic rings. The van der Waals surface area contributed by atoms with E-state index in [4.69, 9.17) is 9.47 Å². The van der Waals surface area contributed by atoms with E-state index in [1.165, 1.54) is 0 Å². The monoisotopic (exact) mass is 423 g/mol. The molecule has 164 valence electrons. The number of nitrogens with zero attached hydrogens (tertiary/aromatic N) is 4. The molecular formula is C23H29N5O3. The summed E-state index contributed by atoms with van der Waals surface area (Å²) in [5.74, 6) is 1.01. The van der Waals surface area contributed by atoms with Crippen LogP contribution in [0.1, 0.15) is 38.2 Å². The van der Waals surface area contributed by atoms with Gasteiger partial charge < -0.3 is 19.4 Å². The highest BCUT2D eigenvalue weighted by Gasteiger charge is 2.28. The van der Waals surface area contributed by atoms with Crippen molar-refractivity contribution < 1.29 is 14.3 Å². The summed E-state index contributed by atoms with van der Waals surface area (Å²) in [6.07, 6.45) is 9.41. The zero-order chi connectivity index (χ0) is 21.6. The number of H-pyrrole nitrogens is 1. The van der Waals surface area contributed by atoms with Crippen LogP contribution in [0.25, 0.3) is 11.0 Å². The molecule has 0 bridgehead atoms. The minimum Gasteiger partial charge on any atom is -0.488 e. The van der Waals surface area contributed by atoms with Crippen LogP contribution in [0.4, 0.5) is 10.5 Å². The van der Waals surface area contributed by atoms with Gasteiger partial charge in [0.05, 0.1) is 25.6 Å². The predicted molar refractivity (Wildman–Crippen MR) is 120 cm³/mol. The lowest BCUT2D eigenvalue weighted by molar-refractivity contribution is 0.192. The SMILES string of the molecule is CCCCCOc1cc(N2CCCN(Cc3ccnc4[nH]ccc34)C2=O)cnc1OC. The number of ether oxygens (including phenoxy) is 2. The summed E-state index contributed by atoms with van der Waals surface area (Å²) in [6, 6.07) is 5.80. The second-order valence-corrected chi connectivity index (χ2v) is 7.68. The van der Waals surface area contributed by atoms with Gasteiger partial charge in [0.15, 0.2) is 5.75 Å². The molecule has 8 heteroatoms. The molecule has 4 rings (SSSR count). The molecule has 31 heavy (non-hydrogen) atoms. The number of pyridine rings is 2. The largest absolute Gasteiger partial charge is 0.488 e. The number of methoxy groups -OCH3 is 1. The maximum Gasteiger partial charge on any atom is 0.324 e. The van der Waals surface area contributed by atoms with Gasteiger partial charge in [0, 0.05) is 43.5 Å². The van der Waals surface area contributed by atoms with E-state index in [1.807, 2.05) is 29.3 Å². The van der Waals surface area contributed by atoms with Crippen LogP contribution in [-0.4, -0.2) is 52.7 Å². The van der Waals surface area contributed by atoms with Gasteiger partial charge in [-0.25, -0.2) is 14.8 Å².